The summed E-state index contributed by atoms with van der Waals surface area (Å²) in [6.07, 6.45) is 6.14. The molecule has 19 heavy (non-hydrogen) atoms. The molecule has 0 unspecified atom stereocenters. The van der Waals surface area contributed by atoms with Gasteiger partial charge in [-0.3, -0.25) is 0 Å². The van der Waals surface area contributed by atoms with Gasteiger partial charge in [-0.25, -0.2) is 13.4 Å². The average molecular weight is 302 g/mol. The maximum atomic E-state index is 12.3. The second-order valence-electron chi connectivity index (χ2n) is 4.80. The molecule has 0 spiro atoms. The van der Waals surface area contributed by atoms with E-state index in [4.69, 9.17) is 18.0 Å². The molecule has 1 aliphatic rings. The van der Waals surface area contributed by atoms with Crippen molar-refractivity contribution in [2.45, 2.75) is 49.7 Å². The molecule has 0 bridgehead atoms. The Bertz CT molecular complexity index is 573. The van der Waals surface area contributed by atoms with E-state index in [0.29, 0.717) is 19.4 Å². The van der Waals surface area contributed by atoms with Gasteiger partial charge in [-0.1, -0.05) is 25.1 Å². The largest absolute Gasteiger partial charge is 0.392 e. The molecule has 1 heterocycles. The molecule has 0 aliphatic heterocycles. The summed E-state index contributed by atoms with van der Waals surface area (Å²) in [7, 11) is -3.69. The van der Waals surface area contributed by atoms with Crippen molar-refractivity contribution in [2.24, 2.45) is 5.73 Å². The third-order valence-corrected chi connectivity index (χ3v) is 5.32. The normalized spacial score (nSPS) is 18.6. The molecule has 0 radical (unpaired) electrons. The first-order valence-electron chi connectivity index (χ1n) is 6.25. The summed E-state index contributed by atoms with van der Waals surface area (Å²) >= 11 is 5.04. The standard InChI is InChI=1S/C11H18N4O2S2/c1-2-15-7-9(13-8-15)19(16,17)14-11(10(12)18)5-3-4-6-11/h7-8,14H,2-6H2,1H3,(H2,12,18). The highest BCUT2D eigenvalue weighted by atomic mass is 32.2. The fourth-order valence-corrected chi connectivity index (χ4v) is 4.05. The molecule has 1 aromatic rings. The van der Waals surface area contributed by atoms with E-state index in [-0.39, 0.29) is 10.0 Å². The van der Waals surface area contributed by atoms with E-state index in [1.807, 2.05) is 6.92 Å². The summed E-state index contributed by atoms with van der Waals surface area (Å²) < 4.78 is 29.0. The first kappa shape index (κ1) is 14.4. The SMILES string of the molecule is CCn1cnc(S(=O)(=O)NC2(C(N)=S)CCCC2)c1. The number of imidazole rings is 1. The number of nitrogens with two attached hydrogens (primary N) is 1. The summed E-state index contributed by atoms with van der Waals surface area (Å²) in [4.78, 5) is 4.13. The van der Waals surface area contributed by atoms with E-state index in [2.05, 4.69) is 9.71 Å². The van der Waals surface area contributed by atoms with Crippen LogP contribution in [0.1, 0.15) is 32.6 Å². The van der Waals surface area contributed by atoms with Gasteiger partial charge in [0.1, 0.15) is 0 Å². The molecule has 1 aromatic heterocycles. The van der Waals surface area contributed by atoms with Crippen LogP contribution in [0.25, 0.3) is 0 Å². The maximum absolute atomic E-state index is 12.3. The van der Waals surface area contributed by atoms with Crippen LogP contribution in [-0.2, 0) is 16.6 Å². The third-order valence-electron chi connectivity index (χ3n) is 3.51. The second kappa shape index (κ2) is 5.18. The Morgan fingerprint density at radius 1 is 1.58 bits per heavy atom. The molecule has 0 amide bonds. The van der Waals surface area contributed by atoms with Gasteiger partial charge in [-0.2, -0.15) is 4.72 Å². The van der Waals surface area contributed by atoms with Gasteiger partial charge in [0.05, 0.1) is 16.9 Å². The van der Waals surface area contributed by atoms with E-state index in [1.165, 1.54) is 12.5 Å². The fraction of sp³-hybridized carbons (Fsp3) is 0.636. The van der Waals surface area contributed by atoms with Gasteiger partial charge >= 0.3 is 0 Å². The van der Waals surface area contributed by atoms with Crippen LogP contribution in [0.3, 0.4) is 0 Å². The van der Waals surface area contributed by atoms with Crippen LogP contribution in [0.4, 0.5) is 0 Å². The molecule has 0 atom stereocenters. The number of rotatable bonds is 5. The van der Waals surface area contributed by atoms with Gasteiger partial charge in [-0.05, 0) is 19.8 Å². The lowest BCUT2D eigenvalue weighted by molar-refractivity contribution is 0.501. The molecule has 0 saturated heterocycles. The molecular weight excluding hydrogens is 284 g/mol. The monoisotopic (exact) mass is 302 g/mol. The number of hydrogen-bond acceptors (Lipinski definition) is 4. The molecule has 6 nitrogen and oxygen atoms in total. The number of sulfonamides is 1. The Morgan fingerprint density at radius 2 is 2.21 bits per heavy atom. The van der Waals surface area contributed by atoms with Crippen molar-refractivity contribution in [2.75, 3.05) is 0 Å². The highest BCUT2D eigenvalue weighted by Gasteiger charge is 2.41. The number of hydrogen-bond donors (Lipinski definition) is 2. The van der Waals surface area contributed by atoms with Crippen LogP contribution < -0.4 is 10.5 Å². The molecule has 1 saturated carbocycles. The molecule has 106 valence electrons. The Morgan fingerprint density at radius 3 is 2.68 bits per heavy atom. The minimum absolute atomic E-state index is 0.0110. The van der Waals surface area contributed by atoms with Crippen LogP contribution in [-0.4, -0.2) is 28.5 Å². The van der Waals surface area contributed by atoms with Crippen molar-refractivity contribution in [1.29, 1.82) is 0 Å². The molecule has 2 rings (SSSR count). The summed E-state index contributed by atoms with van der Waals surface area (Å²) in [5.74, 6) is 0. The molecule has 8 heteroatoms. The van der Waals surface area contributed by atoms with Gasteiger partial charge in [0, 0.05) is 12.7 Å². The zero-order valence-corrected chi connectivity index (χ0v) is 12.4. The lowest BCUT2D eigenvalue weighted by atomic mass is 10.00. The molecular formula is C11H18N4O2S2. The summed E-state index contributed by atoms with van der Waals surface area (Å²) in [6.45, 7) is 2.59. The van der Waals surface area contributed by atoms with Crippen LogP contribution in [0.15, 0.2) is 17.6 Å². The zero-order chi connectivity index (χ0) is 14.1. The fourth-order valence-electron chi connectivity index (χ4n) is 2.34. The number of aryl methyl sites for hydroxylation is 1. The summed E-state index contributed by atoms with van der Waals surface area (Å²) in [5, 5.41) is 0.0110. The van der Waals surface area contributed by atoms with E-state index in [9.17, 15) is 8.42 Å². The van der Waals surface area contributed by atoms with E-state index in [0.717, 1.165) is 12.8 Å². The minimum Gasteiger partial charge on any atom is -0.392 e. The molecule has 0 aromatic carbocycles. The van der Waals surface area contributed by atoms with Crippen LogP contribution in [0.2, 0.25) is 0 Å². The van der Waals surface area contributed by atoms with Crippen molar-refractivity contribution in [3.63, 3.8) is 0 Å². The molecule has 3 N–H and O–H groups in total. The first-order chi connectivity index (χ1) is 8.89. The number of nitrogens with zero attached hydrogens (tertiary/aromatic N) is 2. The summed E-state index contributed by atoms with van der Waals surface area (Å²) in [6, 6.07) is 0. The zero-order valence-electron chi connectivity index (χ0n) is 10.8. The quantitative estimate of drug-likeness (QED) is 0.785. The number of thiocarbonyl (C=S) groups is 1. The van der Waals surface area contributed by atoms with Gasteiger partial charge in [0.25, 0.3) is 10.0 Å². The number of aromatic nitrogens is 2. The van der Waals surface area contributed by atoms with Gasteiger partial charge in [-0.15, -0.1) is 0 Å². The molecule has 1 fully saturated rings. The Balaban J connectivity index is 2.27. The van der Waals surface area contributed by atoms with Crippen LogP contribution >= 0.6 is 12.2 Å². The van der Waals surface area contributed by atoms with E-state index >= 15 is 0 Å². The smallest absolute Gasteiger partial charge is 0.260 e. The Kier molecular flexibility index (Phi) is 3.93. The number of nitrogens with one attached hydrogen (secondary N) is 1. The highest BCUT2D eigenvalue weighted by molar-refractivity contribution is 7.89. The topological polar surface area (TPSA) is 90.0 Å². The van der Waals surface area contributed by atoms with Gasteiger partial charge in [0.15, 0.2) is 5.03 Å². The summed E-state index contributed by atoms with van der Waals surface area (Å²) in [5.41, 5.74) is 4.94. The maximum Gasteiger partial charge on any atom is 0.260 e. The van der Waals surface area contributed by atoms with Gasteiger partial charge < -0.3 is 10.3 Å². The van der Waals surface area contributed by atoms with Crippen LogP contribution in [0.5, 0.6) is 0 Å². The predicted octanol–water partition coefficient (Wildman–Crippen LogP) is 0.780. The Hall–Kier alpha value is -0.990. The average Bonchev–Trinajstić information content (AvgIpc) is 2.96. The van der Waals surface area contributed by atoms with E-state index < -0.39 is 15.6 Å². The van der Waals surface area contributed by atoms with Crippen molar-refractivity contribution in [3.8, 4) is 0 Å². The van der Waals surface area contributed by atoms with Crippen LogP contribution in [0, 0.1) is 0 Å². The van der Waals surface area contributed by atoms with E-state index in [1.54, 1.807) is 4.57 Å². The second-order valence-corrected chi connectivity index (χ2v) is 6.87. The van der Waals surface area contributed by atoms with Crippen molar-refractivity contribution >= 4 is 27.2 Å². The van der Waals surface area contributed by atoms with Crippen molar-refractivity contribution < 1.29 is 8.42 Å². The molecule has 1 aliphatic carbocycles. The minimum atomic E-state index is -3.69. The predicted molar refractivity (Wildman–Crippen MR) is 76.2 cm³/mol. The lowest BCUT2D eigenvalue weighted by Gasteiger charge is -2.28. The van der Waals surface area contributed by atoms with Crippen molar-refractivity contribution in [1.82, 2.24) is 14.3 Å². The lowest BCUT2D eigenvalue weighted by Crippen LogP contribution is -2.54. The highest BCUT2D eigenvalue weighted by Crippen LogP contribution is 2.31. The van der Waals surface area contributed by atoms with Gasteiger partial charge in [0.2, 0.25) is 0 Å². The Labute approximate surface area is 118 Å². The first-order valence-corrected chi connectivity index (χ1v) is 8.14. The van der Waals surface area contributed by atoms with Crippen molar-refractivity contribution in [3.05, 3.63) is 12.5 Å². The third kappa shape index (κ3) is 2.80.